The van der Waals surface area contributed by atoms with Crippen molar-refractivity contribution in [2.45, 2.75) is 89.9 Å². The van der Waals surface area contributed by atoms with Crippen molar-refractivity contribution in [3.63, 3.8) is 0 Å². The smallest absolute Gasteiger partial charge is 0.187 e. The summed E-state index contributed by atoms with van der Waals surface area (Å²) in [5.41, 5.74) is 0. The Hall–Kier alpha value is 0.451. The summed E-state index contributed by atoms with van der Waals surface area (Å²) in [6.45, 7) is 19.3. The third-order valence-corrected chi connectivity index (χ3v) is 6.11. The van der Waals surface area contributed by atoms with Crippen LogP contribution < -0.4 is 0 Å². The number of hydrogen-bond donors (Lipinski definition) is 1. The average Bonchev–Trinajstić information content (AvgIpc) is 2.26. The van der Waals surface area contributed by atoms with Crippen LogP contribution in [0.4, 0.5) is 0 Å². The van der Waals surface area contributed by atoms with Crippen molar-refractivity contribution < 1.29 is 23.1 Å². The molecule has 138 valence electrons. The minimum Gasteiger partial charge on any atom is -0.412 e. The Balaban J connectivity index is 2.94. The highest BCUT2D eigenvalue weighted by atomic mass is 28.4. The molecule has 1 aliphatic heterocycles. The van der Waals surface area contributed by atoms with E-state index in [9.17, 15) is 5.11 Å². The minimum atomic E-state index is -1.78. The van der Waals surface area contributed by atoms with Gasteiger partial charge in [-0.15, -0.1) is 0 Å². The zero-order valence-corrected chi connectivity index (χ0v) is 19.3. The van der Waals surface area contributed by atoms with Gasteiger partial charge in [-0.2, -0.15) is 0 Å². The first kappa shape index (κ1) is 21.5. The zero-order chi connectivity index (χ0) is 18.1. The SMILES string of the molecule is C[Si](C)(C)OC1CC(O[Si](C)(C)C)[C@@H](CO)OC1O[Si](C)(C)C. The van der Waals surface area contributed by atoms with Gasteiger partial charge in [-0.25, -0.2) is 0 Å². The molecule has 5 nitrogen and oxygen atoms in total. The topological polar surface area (TPSA) is 57.2 Å². The summed E-state index contributed by atoms with van der Waals surface area (Å²) in [6.07, 6.45) is -0.293. The van der Waals surface area contributed by atoms with E-state index < -0.39 is 31.2 Å². The number of hydrogen-bond acceptors (Lipinski definition) is 5. The van der Waals surface area contributed by atoms with E-state index in [0.29, 0.717) is 0 Å². The Kier molecular flexibility index (Phi) is 7.27. The van der Waals surface area contributed by atoms with Gasteiger partial charge >= 0.3 is 0 Å². The highest BCUT2D eigenvalue weighted by Gasteiger charge is 2.44. The first-order chi connectivity index (χ1) is 10.2. The molecule has 0 aromatic carbocycles. The Bertz CT molecular complexity index is 373. The highest BCUT2D eigenvalue weighted by molar-refractivity contribution is 6.70. The van der Waals surface area contributed by atoms with Crippen molar-refractivity contribution in [1.29, 1.82) is 0 Å². The van der Waals surface area contributed by atoms with Crippen LogP contribution in [0.25, 0.3) is 0 Å². The maximum absolute atomic E-state index is 9.73. The van der Waals surface area contributed by atoms with Crippen molar-refractivity contribution in [2.75, 3.05) is 6.61 Å². The molecule has 1 rings (SSSR count). The molecule has 23 heavy (non-hydrogen) atoms. The zero-order valence-electron chi connectivity index (χ0n) is 16.3. The van der Waals surface area contributed by atoms with Gasteiger partial charge in [-0.1, -0.05) is 0 Å². The van der Waals surface area contributed by atoms with E-state index in [2.05, 4.69) is 58.9 Å². The fourth-order valence-corrected chi connectivity index (χ4v) is 5.76. The molecule has 0 amide bonds. The van der Waals surface area contributed by atoms with E-state index in [4.69, 9.17) is 18.0 Å². The molecule has 0 aromatic heterocycles. The predicted octanol–water partition coefficient (Wildman–Crippen LogP) is 3.39. The van der Waals surface area contributed by atoms with E-state index in [1.54, 1.807) is 0 Å². The summed E-state index contributed by atoms with van der Waals surface area (Å²) in [6, 6.07) is 0. The monoisotopic (exact) mass is 380 g/mol. The average molecular weight is 381 g/mol. The molecule has 4 atom stereocenters. The van der Waals surface area contributed by atoms with Gasteiger partial charge in [-0.3, -0.25) is 0 Å². The van der Waals surface area contributed by atoms with E-state index in [-0.39, 0.29) is 24.9 Å². The summed E-state index contributed by atoms with van der Waals surface area (Å²) in [5.74, 6) is 0. The summed E-state index contributed by atoms with van der Waals surface area (Å²) in [5, 5.41) is 9.73. The highest BCUT2D eigenvalue weighted by Crippen LogP contribution is 2.31. The molecule has 0 bridgehead atoms. The molecule has 1 saturated heterocycles. The van der Waals surface area contributed by atoms with Gasteiger partial charge in [0.25, 0.3) is 0 Å². The summed E-state index contributed by atoms with van der Waals surface area (Å²) >= 11 is 0. The molecule has 0 aromatic rings. The normalized spacial score (nSPS) is 30.5. The van der Waals surface area contributed by atoms with Crippen molar-refractivity contribution in [1.82, 2.24) is 0 Å². The fourth-order valence-electron chi connectivity index (χ4n) is 2.59. The maximum atomic E-state index is 9.73. The van der Waals surface area contributed by atoms with E-state index in [0.717, 1.165) is 6.42 Å². The van der Waals surface area contributed by atoms with E-state index in [1.807, 2.05) is 0 Å². The lowest BCUT2D eigenvalue weighted by Gasteiger charge is -2.45. The molecule has 0 radical (unpaired) electrons. The van der Waals surface area contributed by atoms with Crippen molar-refractivity contribution in [2.24, 2.45) is 0 Å². The van der Waals surface area contributed by atoms with Crippen molar-refractivity contribution in [3.8, 4) is 0 Å². The van der Waals surface area contributed by atoms with Crippen LogP contribution in [0, 0.1) is 0 Å². The quantitative estimate of drug-likeness (QED) is 0.686. The Morgan fingerprint density at radius 3 is 1.61 bits per heavy atom. The third kappa shape index (κ3) is 8.39. The fraction of sp³-hybridized carbons (Fsp3) is 1.00. The Labute approximate surface area is 145 Å². The summed E-state index contributed by atoms with van der Waals surface area (Å²) in [4.78, 5) is 0. The van der Waals surface area contributed by atoms with Crippen molar-refractivity contribution >= 4 is 25.0 Å². The minimum absolute atomic E-state index is 0.0552. The first-order valence-corrected chi connectivity index (χ1v) is 18.7. The molecule has 0 aliphatic carbocycles. The Morgan fingerprint density at radius 2 is 1.22 bits per heavy atom. The van der Waals surface area contributed by atoms with Crippen LogP contribution in [0.5, 0.6) is 0 Å². The second-order valence-corrected chi connectivity index (χ2v) is 22.6. The lowest BCUT2D eigenvalue weighted by molar-refractivity contribution is -0.236. The van der Waals surface area contributed by atoms with Gasteiger partial charge in [0, 0.05) is 6.42 Å². The molecule has 8 heteroatoms. The molecule has 1 heterocycles. The predicted molar refractivity (Wildman–Crippen MR) is 101 cm³/mol. The maximum Gasteiger partial charge on any atom is 0.187 e. The van der Waals surface area contributed by atoms with Crippen LogP contribution in [-0.2, 0) is 18.0 Å². The molecule has 1 aliphatic rings. The summed E-state index contributed by atoms with van der Waals surface area (Å²) < 4.78 is 24.9. The molecule has 0 saturated carbocycles. The molecule has 3 unspecified atom stereocenters. The molecular formula is C15H36O5Si3. The van der Waals surface area contributed by atoms with Crippen LogP contribution >= 0.6 is 0 Å². The van der Waals surface area contributed by atoms with Gasteiger partial charge in [0.2, 0.25) is 0 Å². The van der Waals surface area contributed by atoms with Gasteiger partial charge < -0.3 is 23.1 Å². The Morgan fingerprint density at radius 1 is 0.783 bits per heavy atom. The number of ether oxygens (including phenoxy) is 1. The van der Waals surface area contributed by atoms with Gasteiger partial charge in [0.1, 0.15) is 6.10 Å². The molecule has 1 fully saturated rings. The van der Waals surface area contributed by atoms with Crippen LogP contribution in [0.3, 0.4) is 0 Å². The second-order valence-electron chi connectivity index (χ2n) is 9.23. The number of aliphatic hydroxyl groups is 1. The molecule has 1 N–H and O–H groups in total. The first-order valence-electron chi connectivity index (χ1n) is 8.50. The van der Waals surface area contributed by atoms with Crippen LogP contribution in [-0.4, -0.2) is 61.3 Å². The second kappa shape index (κ2) is 7.77. The molecule has 0 spiro atoms. The van der Waals surface area contributed by atoms with Crippen LogP contribution in [0.2, 0.25) is 58.9 Å². The number of rotatable bonds is 7. The van der Waals surface area contributed by atoms with E-state index >= 15 is 0 Å². The van der Waals surface area contributed by atoms with Crippen molar-refractivity contribution in [3.05, 3.63) is 0 Å². The van der Waals surface area contributed by atoms with Crippen LogP contribution in [0.1, 0.15) is 6.42 Å². The van der Waals surface area contributed by atoms with Gasteiger partial charge in [-0.05, 0) is 58.9 Å². The molecular weight excluding hydrogens is 344 g/mol. The lowest BCUT2D eigenvalue weighted by Crippen LogP contribution is -2.57. The van der Waals surface area contributed by atoms with Gasteiger partial charge in [0.15, 0.2) is 31.2 Å². The lowest BCUT2D eigenvalue weighted by atomic mass is 10.0. The summed E-state index contributed by atoms with van der Waals surface area (Å²) in [7, 11) is -5.24. The standard InChI is InChI=1S/C15H36O5Si3/c1-21(2,3)18-12-10-13(19-22(4,5)6)15(17-14(12)11-16)20-23(7,8)9/h12-16H,10-11H2,1-9H3/t12?,13?,14-,15?/m1/s1. The van der Waals surface area contributed by atoms with E-state index in [1.165, 1.54) is 0 Å². The van der Waals surface area contributed by atoms with Gasteiger partial charge in [0.05, 0.1) is 18.8 Å². The van der Waals surface area contributed by atoms with Crippen LogP contribution in [0.15, 0.2) is 0 Å². The largest absolute Gasteiger partial charge is 0.412 e. The number of aliphatic hydroxyl groups excluding tert-OH is 1. The third-order valence-electron chi connectivity index (χ3n) is 3.15.